The van der Waals surface area contributed by atoms with E-state index in [0.29, 0.717) is 11.6 Å². The van der Waals surface area contributed by atoms with E-state index >= 15 is 0 Å². The lowest BCUT2D eigenvalue weighted by Crippen LogP contribution is -2.42. The maximum Gasteiger partial charge on any atom is 0.373 e. The molecule has 0 unspecified atom stereocenters. The summed E-state index contributed by atoms with van der Waals surface area (Å²) in [5.41, 5.74) is -0.816. The predicted octanol–water partition coefficient (Wildman–Crippen LogP) is 2.04. The zero-order valence-electron chi connectivity index (χ0n) is 17.0. The molecular weight excluding hydrogens is 419 g/mol. The van der Waals surface area contributed by atoms with Crippen LogP contribution in [0.1, 0.15) is 21.5 Å². The van der Waals surface area contributed by atoms with Gasteiger partial charge in [0.1, 0.15) is 11.4 Å². The first kappa shape index (κ1) is 22.4. The molecule has 0 radical (unpaired) electrons. The second-order valence-corrected chi connectivity index (χ2v) is 6.84. The van der Waals surface area contributed by atoms with E-state index in [0.717, 1.165) is 23.4 Å². The monoisotopic (exact) mass is 438 g/mol. The molecule has 0 aliphatic rings. The van der Waals surface area contributed by atoms with Gasteiger partial charge in [0.15, 0.2) is 5.78 Å². The van der Waals surface area contributed by atoms with E-state index in [1.54, 1.807) is 30.3 Å². The number of hydrogen-bond acceptors (Lipinski definition) is 6. The Bertz CT molecular complexity index is 1290. The number of aliphatic hydroxyl groups is 1. The van der Waals surface area contributed by atoms with E-state index in [2.05, 4.69) is 4.74 Å². The maximum absolute atomic E-state index is 13.2. The Morgan fingerprint density at radius 1 is 1.00 bits per heavy atom. The van der Waals surface area contributed by atoms with Crippen LogP contribution in [-0.4, -0.2) is 33.1 Å². The van der Waals surface area contributed by atoms with Gasteiger partial charge in [-0.25, -0.2) is 14.0 Å². The zero-order chi connectivity index (χ0) is 23.3. The Hall–Kier alpha value is -4.27. The summed E-state index contributed by atoms with van der Waals surface area (Å²) in [4.78, 5) is 50.0. The Morgan fingerprint density at radius 2 is 1.62 bits per heavy atom. The summed E-state index contributed by atoms with van der Waals surface area (Å²) in [6, 6.07) is 14.1. The van der Waals surface area contributed by atoms with E-state index in [-0.39, 0.29) is 13.1 Å². The molecule has 1 aromatic heterocycles. The number of rotatable bonds is 7. The summed E-state index contributed by atoms with van der Waals surface area (Å²) >= 11 is 0. The second-order valence-electron chi connectivity index (χ2n) is 6.84. The quantitative estimate of drug-likeness (QED) is 0.262. The number of ether oxygens (including phenoxy) is 1. The fourth-order valence-corrected chi connectivity index (χ4v) is 2.99. The topological polar surface area (TPSA) is 108 Å². The van der Waals surface area contributed by atoms with Gasteiger partial charge in [-0.1, -0.05) is 42.5 Å². The number of allylic oxidation sites excluding steroid dienone is 1. The molecule has 0 fully saturated rings. The number of halogens is 1. The third-order valence-corrected chi connectivity index (χ3v) is 4.61. The van der Waals surface area contributed by atoms with Crippen molar-refractivity contribution in [2.75, 3.05) is 7.11 Å². The average Bonchev–Trinajstić information content (AvgIpc) is 2.79. The molecule has 3 aromatic rings. The first-order valence-corrected chi connectivity index (χ1v) is 9.46. The van der Waals surface area contributed by atoms with Gasteiger partial charge in [0.05, 0.1) is 20.2 Å². The highest BCUT2D eigenvalue weighted by molar-refractivity contribution is 6.07. The summed E-state index contributed by atoms with van der Waals surface area (Å²) in [7, 11) is 1.02. The Labute approximate surface area is 181 Å². The van der Waals surface area contributed by atoms with Gasteiger partial charge < -0.3 is 9.84 Å². The molecule has 3 rings (SSSR count). The van der Waals surface area contributed by atoms with Gasteiger partial charge in [-0.3, -0.25) is 18.7 Å². The van der Waals surface area contributed by atoms with Crippen LogP contribution in [-0.2, 0) is 22.6 Å². The van der Waals surface area contributed by atoms with Crippen molar-refractivity contribution in [1.82, 2.24) is 9.13 Å². The van der Waals surface area contributed by atoms with E-state index in [1.807, 2.05) is 0 Å². The van der Waals surface area contributed by atoms with Crippen molar-refractivity contribution >= 4 is 11.8 Å². The van der Waals surface area contributed by atoms with Crippen LogP contribution < -0.4 is 11.2 Å². The molecule has 0 amide bonds. The van der Waals surface area contributed by atoms with E-state index in [4.69, 9.17) is 0 Å². The van der Waals surface area contributed by atoms with Crippen LogP contribution in [0.4, 0.5) is 4.39 Å². The largest absolute Gasteiger partial charge is 0.502 e. The van der Waals surface area contributed by atoms with Gasteiger partial charge in [-0.15, -0.1) is 0 Å². The van der Waals surface area contributed by atoms with Crippen molar-refractivity contribution in [3.05, 3.63) is 116 Å². The zero-order valence-corrected chi connectivity index (χ0v) is 17.0. The van der Waals surface area contributed by atoms with Crippen LogP contribution in [0, 0.1) is 5.82 Å². The number of esters is 1. The summed E-state index contributed by atoms with van der Waals surface area (Å²) in [5, 5.41) is 9.68. The lowest BCUT2D eigenvalue weighted by molar-refractivity contribution is -0.139. The normalized spacial score (nSPS) is 11.2. The second kappa shape index (κ2) is 9.69. The van der Waals surface area contributed by atoms with Crippen LogP contribution >= 0.6 is 0 Å². The molecule has 164 valence electrons. The van der Waals surface area contributed by atoms with Crippen molar-refractivity contribution in [3.63, 3.8) is 0 Å². The Kier molecular flexibility index (Phi) is 6.79. The molecule has 1 heterocycles. The van der Waals surface area contributed by atoms with Gasteiger partial charge in [0.25, 0.3) is 5.56 Å². The van der Waals surface area contributed by atoms with Crippen LogP contribution in [0.2, 0.25) is 0 Å². The van der Waals surface area contributed by atoms with Crippen molar-refractivity contribution in [3.8, 4) is 0 Å². The number of aliphatic hydroxyl groups excluding tert-OH is 1. The molecule has 0 saturated heterocycles. The third-order valence-electron chi connectivity index (χ3n) is 4.61. The molecule has 9 heteroatoms. The van der Waals surface area contributed by atoms with E-state index in [9.17, 15) is 28.7 Å². The number of methoxy groups -OCH3 is 1. The first-order valence-electron chi connectivity index (χ1n) is 9.46. The molecule has 0 atom stereocenters. The molecule has 8 nitrogen and oxygen atoms in total. The fourth-order valence-electron chi connectivity index (χ4n) is 2.99. The Balaban J connectivity index is 2.13. The van der Waals surface area contributed by atoms with Gasteiger partial charge >= 0.3 is 11.7 Å². The number of carbonyl (C=O) groups excluding carboxylic acids is 2. The van der Waals surface area contributed by atoms with Crippen LogP contribution in [0.15, 0.2) is 82.2 Å². The molecule has 2 aromatic carbocycles. The highest BCUT2D eigenvalue weighted by atomic mass is 19.1. The van der Waals surface area contributed by atoms with Crippen LogP contribution in [0.5, 0.6) is 0 Å². The van der Waals surface area contributed by atoms with Crippen molar-refractivity contribution in [1.29, 1.82) is 0 Å². The third kappa shape index (κ3) is 5.07. The summed E-state index contributed by atoms with van der Waals surface area (Å²) in [5.74, 6) is -3.59. The minimum Gasteiger partial charge on any atom is -0.502 e. The standard InChI is InChI=1S/C23H19FN2O6/c1-32-22(30)20(28)11-19(27)18-14-25(12-15-5-3-2-4-6-15)23(31)26(21(18)29)13-16-7-9-17(24)10-8-16/h2-11,14,28H,12-13H2,1H3/b20-11-. The van der Waals surface area contributed by atoms with Crippen LogP contribution in [0.3, 0.4) is 0 Å². The molecule has 0 aliphatic heterocycles. The number of benzene rings is 2. The van der Waals surface area contributed by atoms with Gasteiger partial charge in [-0.2, -0.15) is 0 Å². The number of hydrogen-bond donors (Lipinski definition) is 1. The maximum atomic E-state index is 13.2. The lowest BCUT2D eigenvalue weighted by atomic mass is 10.1. The molecule has 0 saturated carbocycles. The highest BCUT2D eigenvalue weighted by Gasteiger charge is 2.19. The summed E-state index contributed by atoms with van der Waals surface area (Å²) < 4.78 is 19.6. The summed E-state index contributed by atoms with van der Waals surface area (Å²) in [6.45, 7) is -0.142. The molecular formula is C23H19FN2O6. The van der Waals surface area contributed by atoms with Crippen molar-refractivity contribution in [2.45, 2.75) is 13.1 Å². The molecule has 0 bridgehead atoms. The van der Waals surface area contributed by atoms with Crippen molar-refractivity contribution in [2.24, 2.45) is 0 Å². The molecule has 32 heavy (non-hydrogen) atoms. The SMILES string of the molecule is COC(=O)/C(O)=C/C(=O)c1cn(Cc2ccccc2)c(=O)n(Cc2ccc(F)cc2)c1=O. The Morgan fingerprint density at radius 3 is 2.25 bits per heavy atom. The fraction of sp³-hybridized carbons (Fsp3) is 0.130. The average molecular weight is 438 g/mol. The molecule has 1 N–H and O–H groups in total. The minimum atomic E-state index is -1.15. The highest BCUT2D eigenvalue weighted by Crippen LogP contribution is 2.06. The lowest BCUT2D eigenvalue weighted by Gasteiger charge is -2.13. The number of ketones is 1. The summed E-state index contributed by atoms with van der Waals surface area (Å²) in [6.07, 6.45) is 1.64. The number of nitrogens with zero attached hydrogens (tertiary/aromatic N) is 2. The molecule has 0 aliphatic carbocycles. The first-order chi connectivity index (χ1) is 15.3. The number of aromatic nitrogens is 2. The van der Waals surface area contributed by atoms with Gasteiger partial charge in [0.2, 0.25) is 5.76 Å². The van der Waals surface area contributed by atoms with Crippen molar-refractivity contribution < 1.29 is 23.8 Å². The minimum absolute atomic E-state index is 0.0658. The number of carbonyl (C=O) groups is 2. The van der Waals surface area contributed by atoms with E-state index in [1.165, 1.54) is 28.8 Å². The smallest absolute Gasteiger partial charge is 0.373 e. The van der Waals surface area contributed by atoms with E-state index < -0.39 is 40.1 Å². The van der Waals surface area contributed by atoms with Gasteiger partial charge in [0, 0.05) is 12.3 Å². The predicted molar refractivity (Wildman–Crippen MR) is 113 cm³/mol. The van der Waals surface area contributed by atoms with Crippen LogP contribution in [0.25, 0.3) is 0 Å². The molecule has 0 spiro atoms. The van der Waals surface area contributed by atoms with Gasteiger partial charge in [-0.05, 0) is 23.3 Å².